The van der Waals surface area contributed by atoms with Gasteiger partial charge in [0.25, 0.3) is 0 Å². The van der Waals surface area contributed by atoms with E-state index in [0.717, 1.165) is 82.8 Å². The molecule has 268 valence electrons. The van der Waals surface area contributed by atoms with Gasteiger partial charge in [-0.3, -0.25) is 9.59 Å². The Hall–Kier alpha value is -5.19. The molecular formula is C39H46O11. The van der Waals surface area contributed by atoms with Crippen LogP contribution in [-0.4, -0.2) is 54.0 Å². The van der Waals surface area contributed by atoms with Crippen LogP contribution in [0.3, 0.4) is 0 Å². The predicted molar refractivity (Wildman–Crippen MR) is 185 cm³/mol. The Morgan fingerprint density at radius 1 is 0.560 bits per heavy atom. The number of aromatic carboxylic acids is 1. The summed E-state index contributed by atoms with van der Waals surface area (Å²) in [6, 6.07) is 20.5. The van der Waals surface area contributed by atoms with Crippen LogP contribution in [0, 0.1) is 0 Å². The molecule has 0 aromatic heterocycles. The number of hydrogen-bond donors (Lipinski definition) is 1. The minimum atomic E-state index is -2.07. The van der Waals surface area contributed by atoms with Gasteiger partial charge in [-0.2, -0.15) is 0 Å². The molecule has 0 amide bonds. The Morgan fingerprint density at radius 3 is 1.46 bits per heavy atom. The number of unbranched alkanes of at least 4 members (excludes halogenated alkanes) is 9. The molecule has 0 spiro atoms. The Morgan fingerprint density at radius 2 is 0.980 bits per heavy atom. The van der Waals surface area contributed by atoms with Crippen LogP contribution < -0.4 is 9.47 Å². The van der Waals surface area contributed by atoms with Crippen LogP contribution in [0.25, 0.3) is 11.1 Å². The minimum absolute atomic E-state index is 0.156. The van der Waals surface area contributed by atoms with Crippen molar-refractivity contribution in [2.45, 2.75) is 90.8 Å². The van der Waals surface area contributed by atoms with Gasteiger partial charge < -0.3 is 28.8 Å². The van der Waals surface area contributed by atoms with Crippen LogP contribution in [0.5, 0.6) is 11.5 Å². The molecule has 0 atom stereocenters. The quantitative estimate of drug-likeness (QED) is 0.0502. The highest BCUT2D eigenvalue weighted by molar-refractivity contribution is 5.91. The third kappa shape index (κ3) is 13.7. The van der Waals surface area contributed by atoms with Crippen molar-refractivity contribution in [1.82, 2.24) is 0 Å². The number of ether oxygens (including phenoxy) is 5. The molecule has 3 aromatic rings. The number of esters is 4. The van der Waals surface area contributed by atoms with Crippen molar-refractivity contribution >= 4 is 29.8 Å². The molecule has 3 rings (SSSR count). The van der Waals surface area contributed by atoms with Crippen molar-refractivity contribution in [3.05, 3.63) is 83.9 Å². The SMILES string of the molecule is CC(=O)OC(C)(OC(C)=O)C(=O)OCCCCCCCCCCCCOc1ccc(C(=O)Oc2ccc(-c3ccc(C(=O)O)cc3)cc2)cc1. The highest BCUT2D eigenvalue weighted by atomic mass is 16.8. The minimum Gasteiger partial charge on any atom is -0.494 e. The summed E-state index contributed by atoms with van der Waals surface area (Å²) in [5, 5.41) is 9.06. The summed E-state index contributed by atoms with van der Waals surface area (Å²) in [4.78, 5) is 58.4. The lowest BCUT2D eigenvalue weighted by molar-refractivity contribution is -0.232. The van der Waals surface area contributed by atoms with Crippen LogP contribution in [-0.2, 0) is 28.6 Å². The largest absolute Gasteiger partial charge is 0.494 e. The van der Waals surface area contributed by atoms with Crippen molar-refractivity contribution in [3.63, 3.8) is 0 Å². The molecule has 11 nitrogen and oxygen atoms in total. The Kier molecular flexibility index (Phi) is 16.0. The number of carboxylic acids is 1. The number of carbonyl (C=O) groups excluding carboxylic acids is 4. The fourth-order valence-corrected chi connectivity index (χ4v) is 5.13. The van der Waals surface area contributed by atoms with E-state index in [1.165, 1.54) is 6.92 Å². The standard InChI is InChI=1S/C39H46O11/c1-28(40)49-39(3,50-29(2)41)38(45)47-27-13-11-9-7-5-4-6-8-10-12-26-46-34-22-20-33(21-23-34)37(44)48-35-24-18-31(19-25-35)30-14-16-32(17-15-30)36(42)43/h14-25H,4-13,26-27H2,1-3H3,(H,42,43). The molecule has 0 fully saturated rings. The van der Waals surface area contributed by atoms with Gasteiger partial charge in [0.05, 0.1) is 24.3 Å². The second-order valence-corrected chi connectivity index (χ2v) is 12.0. The van der Waals surface area contributed by atoms with E-state index in [2.05, 4.69) is 0 Å². The van der Waals surface area contributed by atoms with Gasteiger partial charge in [-0.15, -0.1) is 0 Å². The van der Waals surface area contributed by atoms with Crippen molar-refractivity contribution in [2.24, 2.45) is 0 Å². The third-order valence-corrected chi connectivity index (χ3v) is 7.71. The number of hydrogen-bond acceptors (Lipinski definition) is 10. The average molecular weight is 691 g/mol. The maximum absolute atomic E-state index is 12.6. The fourth-order valence-electron chi connectivity index (χ4n) is 5.13. The maximum atomic E-state index is 12.6. The van der Waals surface area contributed by atoms with E-state index in [1.54, 1.807) is 60.7 Å². The lowest BCUT2D eigenvalue weighted by Gasteiger charge is -2.25. The van der Waals surface area contributed by atoms with Crippen LogP contribution in [0.15, 0.2) is 72.8 Å². The monoisotopic (exact) mass is 690 g/mol. The lowest BCUT2D eigenvalue weighted by atomic mass is 10.0. The molecule has 0 saturated carbocycles. The third-order valence-electron chi connectivity index (χ3n) is 7.71. The van der Waals surface area contributed by atoms with Crippen LogP contribution in [0.2, 0.25) is 0 Å². The normalized spacial score (nSPS) is 10.9. The summed E-state index contributed by atoms with van der Waals surface area (Å²) >= 11 is 0. The van der Waals surface area contributed by atoms with Crippen molar-refractivity contribution in [1.29, 1.82) is 0 Å². The lowest BCUT2D eigenvalue weighted by Crippen LogP contribution is -2.45. The zero-order chi connectivity index (χ0) is 36.4. The van der Waals surface area contributed by atoms with Crippen molar-refractivity contribution in [3.8, 4) is 22.6 Å². The summed E-state index contributed by atoms with van der Waals surface area (Å²) < 4.78 is 26.2. The number of carbonyl (C=O) groups is 5. The fraction of sp³-hybridized carbons (Fsp3) is 0.410. The van der Waals surface area contributed by atoms with E-state index >= 15 is 0 Å². The molecular weight excluding hydrogens is 644 g/mol. The first-order valence-corrected chi connectivity index (χ1v) is 16.9. The zero-order valence-electron chi connectivity index (χ0n) is 28.9. The first-order valence-electron chi connectivity index (χ1n) is 16.9. The van der Waals surface area contributed by atoms with E-state index in [0.29, 0.717) is 30.1 Å². The predicted octanol–water partition coefficient (Wildman–Crippen LogP) is 7.94. The highest BCUT2D eigenvalue weighted by Crippen LogP contribution is 2.24. The maximum Gasteiger partial charge on any atom is 0.392 e. The molecule has 1 N–H and O–H groups in total. The summed E-state index contributed by atoms with van der Waals surface area (Å²) in [6.45, 7) is 4.18. The number of rotatable bonds is 21. The van der Waals surface area contributed by atoms with E-state index in [9.17, 15) is 24.0 Å². The molecule has 0 aliphatic carbocycles. The van der Waals surface area contributed by atoms with Gasteiger partial charge in [-0.25, -0.2) is 14.4 Å². The molecule has 0 saturated heterocycles. The molecule has 3 aromatic carbocycles. The second-order valence-electron chi connectivity index (χ2n) is 12.0. The Bertz CT molecular complexity index is 1530. The molecule has 0 heterocycles. The molecule has 11 heteroatoms. The van der Waals surface area contributed by atoms with Gasteiger partial charge in [0.2, 0.25) is 0 Å². The zero-order valence-corrected chi connectivity index (χ0v) is 28.9. The van der Waals surface area contributed by atoms with Crippen LogP contribution >= 0.6 is 0 Å². The van der Waals surface area contributed by atoms with E-state index in [-0.39, 0.29) is 12.2 Å². The molecule has 50 heavy (non-hydrogen) atoms. The molecule has 0 aliphatic rings. The first-order chi connectivity index (χ1) is 24.0. The summed E-state index contributed by atoms with van der Waals surface area (Å²) in [5.74, 6) is -4.84. The van der Waals surface area contributed by atoms with Gasteiger partial charge in [-0.05, 0) is 72.5 Å². The Balaban J connectivity index is 1.20. The smallest absolute Gasteiger partial charge is 0.392 e. The van der Waals surface area contributed by atoms with Crippen LogP contribution in [0.1, 0.15) is 106 Å². The second kappa shape index (κ2) is 20.4. The van der Waals surface area contributed by atoms with Gasteiger partial charge in [0, 0.05) is 20.8 Å². The van der Waals surface area contributed by atoms with E-state index in [4.69, 9.17) is 28.8 Å². The molecule has 0 radical (unpaired) electrons. The van der Waals surface area contributed by atoms with E-state index < -0.39 is 35.6 Å². The number of carboxylic acid groups (broad SMARTS) is 1. The number of benzene rings is 3. The van der Waals surface area contributed by atoms with Gasteiger partial charge in [0.15, 0.2) is 0 Å². The molecule has 0 bridgehead atoms. The molecule has 0 unspecified atom stereocenters. The van der Waals surface area contributed by atoms with Gasteiger partial charge >= 0.3 is 35.6 Å². The topological polar surface area (TPSA) is 152 Å². The first kappa shape index (κ1) is 39.3. The van der Waals surface area contributed by atoms with Crippen molar-refractivity contribution in [2.75, 3.05) is 13.2 Å². The van der Waals surface area contributed by atoms with Gasteiger partial charge in [-0.1, -0.05) is 75.6 Å². The van der Waals surface area contributed by atoms with E-state index in [1.807, 2.05) is 12.1 Å². The van der Waals surface area contributed by atoms with Crippen LogP contribution in [0.4, 0.5) is 0 Å². The summed E-state index contributed by atoms with van der Waals surface area (Å²) in [5.41, 5.74) is 2.36. The Labute approximate surface area is 292 Å². The summed E-state index contributed by atoms with van der Waals surface area (Å²) in [7, 11) is 0. The summed E-state index contributed by atoms with van der Waals surface area (Å²) in [6.07, 6.45) is 10.3. The van der Waals surface area contributed by atoms with Gasteiger partial charge in [0.1, 0.15) is 11.5 Å². The molecule has 0 aliphatic heterocycles. The highest BCUT2D eigenvalue weighted by Gasteiger charge is 2.42. The average Bonchev–Trinajstić information content (AvgIpc) is 3.08. The van der Waals surface area contributed by atoms with Crippen molar-refractivity contribution < 1.29 is 52.8 Å².